The summed E-state index contributed by atoms with van der Waals surface area (Å²) in [7, 11) is 0. The number of rotatable bonds is 4. The Balaban J connectivity index is 1.69. The first kappa shape index (κ1) is 14.8. The lowest BCUT2D eigenvalue weighted by molar-refractivity contribution is 0.103. The number of halogens is 1. The van der Waals surface area contributed by atoms with E-state index in [9.17, 15) is 4.79 Å². The van der Waals surface area contributed by atoms with Gasteiger partial charge in [-0.3, -0.25) is 9.48 Å². The SMILES string of the molecule is Cc1ccc(C(=O)Nc2cnn(Cc3ccccc3Cl)c2)s1. The predicted octanol–water partition coefficient (Wildman–Crippen LogP) is 4.21. The molecule has 112 valence electrons. The molecule has 0 unspecified atom stereocenters. The normalized spacial score (nSPS) is 10.6. The number of aromatic nitrogens is 2. The maximum absolute atomic E-state index is 12.1. The third-order valence-electron chi connectivity index (χ3n) is 3.15. The average molecular weight is 332 g/mol. The summed E-state index contributed by atoms with van der Waals surface area (Å²) in [5.74, 6) is -0.115. The maximum atomic E-state index is 12.1. The average Bonchev–Trinajstić information content (AvgIpc) is 3.11. The highest BCUT2D eigenvalue weighted by molar-refractivity contribution is 7.14. The zero-order valence-electron chi connectivity index (χ0n) is 11.9. The van der Waals surface area contributed by atoms with E-state index >= 15 is 0 Å². The van der Waals surface area contributed by atoms with E-state index in [1.54, 1.807) is 17.1 Å². The number of hydrogen-bond donors (Lipinski definition) is 1. The molecule has 0 aliphatic carbocycles. The smallest absolute Gasteiger partial charge is 0.265 e. The third-order valence-corrected chi connectivity index (χ3v) is 4.51. The second kappa shape index (κ2) is 6.34. The van der Waals surface area contributed by atoms with Crippen molar-refractivity contribution in [3.05, 3.63) is 69.1 Å². The Hall–Kier alpha value is -2.11. The molecule has 0 bridgehead atoms. The van der Waals surface area contributed by atoms with Crippen LogP contribution in [0.15, 0.2) is 48.8 Å². The van der Waals surface area contributed by atoms with Crippen molar-refractivity contribution in [1.82, 2.24) is 9.78 Å². The first-order chi connectivity index (χ1) is 10.6. The van der Waals surface area contributed by atoms with Crippen LogP contribution < -0.4 is 5.32 Å². The van der Waals surface area contributed by atoms with Crippen LogP contribution in [0.1, 0.15) is 20.1 Å². The van der Waals surface area contributed by atoms with Gasteiger partial charge < -0.3 is 5.32 Å². The largest absolute Gasteiger partial charge is 0.319 e. The van der Waals surface area contributed by atoms with Gasteiger partial charge in [0.2, 0.25) is 0 Å². The highest BCUT2D eigenvalue weighted by Gasteiger charge is 2.10. The highest BCUT2D eigenvalue weighted by Crippen LogP contribution is 2.19. The summed E-state index contributed by atoms with van der Waals surface area (Å²) < 4.78 is 1.75. The van der Waals surface area contributed by atoms with Crippen LogP contribution in [-0.2, 0) is 6.54 Å². The number of benzene rings is 1. The molecular weight excluding hydrogens is 318 g/mol. The number of thiophene rings is 1. The molecule has 3 aromatic rings. The van der Waals surface area contributed by atoms with Crippen molar-refractivity contribution in [2.24, 2.45) is 0 Å². The van der Waals surface area contributed by atoms with Gasteiger partial charge in [-0.05, 0) is 30.7 Å². The molecule has 0 aliphatic heterocycles. The summed E-state index contributed by atoms with van der Waals surface area (Å²) in [6.45, 7) is 2.54. The Morgan fingerprint density at radius 1 is 1.32 bits per heavy atom. The molecule has 2 heterocycles. The molecule has 0 aliphatic rings. The van der Waals surface area contributed by atoms with Gasteiger partial charge in [-0.15, -0.1) is 11.3 Å². The van der Waals surface area contributed by atoms with E-state index in [0.717, 1.165) is 10.4 Å². The Morgan fingerprint density at radius 2 is 2.14 bits per heavy atom. The van der Waals surface area contributed by atoms with E-state index in [1.165, 1.54) is 11.3 Å². The summed E-state index contributed by atoms with van der Waals surface area (Å²) in [5, 5.41) is 7.80. The van der Waals surface area contributed by atoms with Crippen molar-refractivity contribution in [1.29, 1.82) is 0 Å². The van der Waals surface area contributed by atoms with Gasteiger partial charge in [0, 0.05) is 16.1 Å². The van der Waals surface area contributed by atoms with Gasteiger partial charge in [-0.2, -0.15) is 5.10 Å². The lowest BCUT2D eigenvalue weighted by atomic mass is 10.2. The van der Waals surface area contributed by atoms with E-state index in [4.69, 9.17) is 11.6 Å². The molecule has 1 amide bonds. The van der Waals surface area contributed by atoms with Crippen LogP contribution in [0.5, 0.6) is 0 Å². The molecule has 22 heavy (non-hydrogen) atoms. The van der Waals surface area contributed by atoms with Gasteiger partial charge in [-0.25, -0.2) is 0 Å². The standard InChI is InChI=1S/C16H14ClN3OS/c1-11-6-7-15(22-11)16(21)19-13-8-18-20(10-13)9-12-4-2-3-5-14(12)17/h2-8,10H,9H2,1H3,(H,19,21). The second-order valence-corrected chi connectivity index (χ2v) is 6.58. The first-order valence-corrected chi connectivity index (χ1v) is 7.95. The number of hydrogen-bond acceptors (Lipinski definition) is 3. The van der Waals surface area contributed by atoms with Gasteiger partial charge in [0.15, 0.2) is 0 Å². The lowest BCUT2D eigenvalue weighted by Gasteiger charge is -2.04. The molecule has 0 saturated heterocycles. The minimum atomic E-state index is -0.115. The maximum Gasteiger partial charge on any atom is 0.265 e. The van der Waals surface area contributed by atoms with Gasteiger partial charge in [0.1, 0.15) is 0 Å². The van der Waals surface area contributed by atoms with Crippen LogP contribution in [-0.4, -0.2) is 15.7 Å². The van der Waals surface area contributed by atoms with Crippen molar-refractivity contribution in [2.75, 3.05) is 5.32 Å². The second-order valence-electron chi connectivity index (χ2n) is 4.88. The summed E-state index contributed by atoms with van der Waals surface area (Å²) in [5.41, 5.74) is 1.65. The van der Waals surface area contributed by atoms with Crippen LogP contribution in [0, 0.1) is 6.92 Å². The fourth-order valence-electron chi connectivity index (χ4n) is 2.06. The van der Waals surface area contributed by atoms with Gasteiger partial charge in [0.25, 0.3) is 5.91 Å². The third kappa shape index (κ3) is 3.37. The quantitative estimate of drug-likeness (QED) is 0.778. The van der Waals surface area contributed by atoms with Crippen molar-refractivity contribution in [3.63, 3.8) is 0 Å². The fourth-order valence-corrected chi connectivity index (χ4v) is 3.02. The first-order valence-electron chi connectivity index (χ1n) is 6.75. The van der Waals surface area contributed by atoms with E-state index in [0.29, 0.717) is 22.1 Å². The van der Waals surface area contributed by atoms with E-state index in [-0.39, 0.29) is 5.91 Å². The Labute approximate surface area is 137 Å². The molecule has 0 saturated carbocycles. The lowest BCUT2D eigenvalue weighted by Crippen LogP contribution is -2.09. The Bertz CT molecular complexity index is 809. The topological polar surface area (TPSA) is 46.9 Å². The van der Waals surface area contributed by atoms with Gasteiger partial charge in [-0.1, -0.05) is 29.8 Å². The van der Waals surface area contributed by atoms with E-state index in [1.807, 2.05) is 43.3 Å². The molecule has 0 atom stereocenters. The molecular formula is C16H14ClN3OS. The van der Waals surface area contributed by atoms with E-state index in [2.05, 4.69) is 10.4 Å². The molecule has 2 aromatic heterocycles. The minimum Gasteiger partial charge on any atom is -0.319 e. The number of nitrogens with one attached hydrogen (secondary N) is 1. The number of carbonyl (C=O) groups excluding carboxylic acids is 1. The van der Waals surface area contributed by atoms with Crippen molar-refractivity contribution < 1.29 is 4.79 Å². The van der Waals surface area contributed by atoms with Crippen molar-refractivity contribution in [2.45, 2.75) is 13.5 Å². The zero-order chi connectivity index (χ0) is 15.5. The van der Waals surface area contributed by atoms with Crippen LogP contribution >= 0.6 is 22.9 Å². The monoisotopic (exact) mass is 331 g/mol. The predicted molar refractivity (Wildman–Crippen MR) is 89.8 cm³/mol. The minimum absolute atomic E-state index is 0.115. The molecule has 4 nitrogen and oxygen atoms in total. The highest BCUT2D eigenvalue weighted by atomic mass is 35.5. The summed E-state index contributed by atoms with van der Waals surface area (Å²) in [6.07, 6.45) is 3.43. The molecule has 6 heteroatoms. The van der Waals surface area contributed by atoms with Crippen molar-refractivity contribution in [3.8, 4) is 0 Å². The number of carbonyl (C=O) groups is 1. The van der Waals surface area contributed by atoms with Gasteiger partial charge >= 0.3 is 0 Å². The number of amides is 1. The molecule has 0 fully saturated rings. The summed E-state index contributed by atoms with van der Waals surface area (Å²) in [6, 6.07) is 11.4. The number of anilines is 1. The van der Waals surface area contributed by atoms with Crippen LogP contribution in [0.2, 0.25) is 5.02 Å². The zero-order valence-corrected chi connectivity index (χ0v) is 13.5. The molecule has 0 spiro atoms. The number of nitrogens with zero attached hydrogens (tertiary/aromatic N) is 2. The number of aryl methyl sites for hydroxylation is 1. The Morgan fingerprint density at radius 3 is 2.86 bits per heavy atom. The Kier molecular flexibility index (Phi) is 4.27. The summed E-state index contributed by atoms with van der Waals surface area (Å²) >= 11 is 7.61. The summed E-state index contributed by atoms with van der Waals surface area (Å²) in [4.78, 5) is 13.9. The van der Waals surface area contributed by atoms with Crippen LogP contribution in [0.25, 0.3) is 0 Å². The van der Waals surface area contributed by atoms with Crippen LogP contribution in [0.4, 0.5) is 5.69 Å². The molecule has 1 aromatic carbocycles. The fraction of sp³-hybridized carbons (Fsp3) is 0.125. The molecule has 3 rings (SSSR count). The van der Waals surface area contributed by atoms with Crippen LogP contribution in [0.3, 0.4) is 0 Å². The molecule has 0 radical (unpaired) electrons. The van der Waals surface area contributed by atoms with E-state index < -0.39 is 0 Å². The molecule has 1 N–H and O–H groups in total. The van der Waals surface area contributed by atoms with Crippen molar-refractivity contribution >= 4 is 34.5 Å². The van der Waals surface area contributed by atoms with Gasteiger partial charge in [0.05, 0.1) is 23.3 Å².